The summed E-state index contributed by atoms with van der Waals surface area (Å²) in [6.07, 6.45) is 8.93. The molecule has 0 amide bonds. The van der Waals surface area contributed by atoms with Crippen LogP contribution in [0.5, 0.6) is 0 Å². The second-order valence-electron chi connectivity index (χ2n) is 7.63. The third-order valence-corrected chi connectivity index (χ3v) is 5.23. The normalized spacial score (nSPS) is 31.6. The average molecular weight is 282 g/mol. The molecule has 1 aliphatic carbocycles. The lowest BCUT2D eigenvalue weighted by Gasteiger charge is -2.39. The van der Waals surface area contributed by atoms with E-state index in [2.05, 4.69) is 18.7 Å². The fraction of sp³-hybridized carbons (Fsp3) is 1.00. The molecule has 1 aliphatic heterocycles. The third-order valence-electron chi connectivity index (χ3n) is 5.23. The first kappa shape index (κ1) is 16.3. The van der Waals surface area contributed by atoms with Crippen LogP contribution >= 0.6 is 0 Å². The average Bonchev–Trinajstić information content (AvgIpc) is 2.39. The molecule has 0 bridgehead atoms. The van der Waals surface area contributed by atoms with Crippen molar-refractivity contribution < 1.29 is 5.11 Å². The number of nitrogens with two attached hydrogens (primary N) is 1. The minimum Gasteiger partial charge on any atom is -0.393 e. The van der Waals surface area contributed by atoms with E-state index in [1.54, 1.807) is 0 Å². The van der Waals surface area contributed by atoms with E-state index in [1.165, 1.54) is 38.6 Å². The summed E-state index contributed by atoms with van der Waals surface area (Å²) in [5, 5.41) is 10.1. The summed E-state index contributed by atoms with van der Waals surface area (Å²) in [7, 11) is 0. The molecule has 0 spiro atoms. The van der Waals surface area contributed by atoms with E-state index in [1.807, 2.05) is 0 Å². The van der Waals surface area contributed by atoms with Crippen LogP contribution in [0, 0.1) is 17.8 Å². The Kier molecular flexibility index (Phi) is 6.31. The van der Waals surface area contributed by atoms with E-state index in [0.717, 1.165) is 31.8 Å². The second kappa shape index (κ2) is 7.77. The molecule has 1 saturated heterocycles. The van der Waals surface area contributed by atoms with Gasteiger partial charge < -0.3 is 15.7 Å². The fourth-order valence-electron chi connectivity index (χ4n) is 4.02. The minimum atomic E-state index is -0.165. The molecule has 0 radical (unpaired) electrons. The van der Waals surface area contributed by atoms with Crippen LogP contribution in [0.15, 0.2) is 0 Å². The summed E-state index contributed by atoms with van der Waals surface area (Å²) in [6, 6.07) is 0.303. The number of hydrogen-bond acceptors (Lipinski definition) is 3. The molecule has 2 rings (SSSR count). The highest BCUT2D eigenvalue weighted by molar-refractivity contribution is 4.84. The second-order valence-corrected chi connectivity index (χ2v) is 7.63. The SMILES string of the molecule is CC(C)C(O)CC1CC(N)CN(CC2CCCCC2)C1. The maximum Gasteiger partial charge on any atom is 0.0566 e. The molecule has 3 heteroatoms. The lowest BCUT2D eigenvalue weighted by atomic mass is 9.85. The molecular weight excluding hydrogens is 248 g/mol. The minimum absolute atomic E-state index is 0.165. The van der Waals surface area contributed by atoms with Gasteiger partial charge in [0, 0.05) is 25.7 Å². The van der Waals surface area contributed by atoms with E-state index in [-0.39, 0.29) is 6.10 Å². The van der Waals surface area contributed by atoms with Gasteiger partial charge in [-0.1, -0.05) is 33.1 Å². The zero-order valence-electron chi connectivity index (χ0n) is 13.4. The van der Waals surface area contributed by atoms with Crippen molar-refractivity contribution in [3.05, 3.63) is 0 Å². The largest absolute Gasteiger partial charge is 0.393 e. The van der Waals surface area contributed by atoms with E-state index >= 15 is 0 Å². The molecule has 3 unspecified atom stereocenters. The summed E-state index contributed by atoms with van der Waals surface area (Å²) >= 11 is 0. The number of hydrogen-bond donors (Lipinski definition) is 2. The van der Waals surface area contributed by atoms with Crippen LogP contribution in [0.4, 0.5) is 0 Å². The monoisotopic (exact) mass is 282 g/mol. The van der Waals surface area contributed by atoms with Crippen LogP contribution in [0.25, 0.3) is 0 Å². The predicted molar refractivity (Wildman–Crippen MR) is 84.6 cm³/mol. The van der Waals surface area contributed by atoms with Crippen molar-refractivity contribution in [1.82, 2.24) is 4.90 Å². The van der Waals surface area contributed by atoms with Gasteiger partial charge >= 0.3 is 0 Å². The highest BCUT2D eigenvalue weighted by atomic mass is 16.3. The Bertz CT molecular complexity index is 276. The van der Waals surface area contributed by atoms with Crippen LogP contribution in [-0.2, 0) is 0 Å². The molecule has 118 valence electrons. The maximum atomic E-state index is 10.1. The van der Waals surface area contributed by atoms with Crippen LogP contribution in [0.2, 0.25) is 0 Å². The molecule has 3 atom stereocenters. The lowest BCUT2D eigenvalue weighted by Crippen LogP contribution is -2.49. The summed E-state index contributed by atoms with van der Waals surface area (Å²) in [6.45, 7) is 7.65. The summed E-state index contributed by atoms with van der Waals surface area (Å²) in [4.78, 5) is 2.59. The third kappa shape index (κ3) is 5.01. The van der Waals surface area contributed by atoms with Crippen molar-refractivity contribution in [2.45, 2.75) is 70.9 Å². The molecule has 1 saturated carbocycles. The summed E-state index contributed by atoms with van der Waals surface area (Å²) < 4.78 is 0. The van der Waals surface area contributed by atoms with Crippen LogP contribution in [0.1, 0.15) is 58.8 Å². The highest BCUT2D eigenvalue weighted by Gasteiger charge is 2.29. The topological polar surface area (TPSA) is 49.5 Å². The molecule has 0 aromatic heterocycles. The zero-order chi connectivity index (χ0) is 14.5. The van der Waals surface area contributed by atoms with Crippen molar-refractivity contribution in [2.24, 2.45) is 23.5 Å². The van der Waals surface area contributed by atoms with Gasteiger partial charge in [-0.15, -0.1) is 0 Å². The van der Waals surface area contributed by atoms with Crippen LogP contribution in [-0.4, -0.2) is 41.8 Å². The van der Waals surface area contributed by atoms with Crippen molar-refractivity contribution in [1.29, 1.82) is 0 Å². The Balaban J connectivity index is 1.80. The van der Waals surface area contributed by atoms with E-state index in [4.69, 9.17) is 5.73 Å². The molecule has 0 aromatic rings. The molecule has 2 fully saturated rings. The van der Waals surface area contributed by atoms with Crippen molar-refractivity contribution in [3.63, 3.8) is 0 Å². The predicted octanol–water partition coefficient (Wildman–Crippen LogP) is 2.62. The van der Waals surface area contributed by atoms with Gasteiger partial charge in [-0.05, 0) is 43.4 Å². The van der Waals surface area contributed by atoms with E-state index in [9.17, 15) is 5.11 Å². The van der Waals surface area contributed by atoms with E-state index < -0.39 is 0 Å². The number of rotatable bonds is 5. The quantitative estimate of drug-likeness (QED) is 0.815. The smallest absolute Gasteiger partial charge is 0.0566 e. The highest BCUT2D eigenvalue weighted by Crippen LogP contribution is 2.28. The fourth-order valence-corrected chi connectivity index (χ4v) is 4.02. The number of piperidine rings is 1. The number of nitrogens with zero attached hydrogens (tertiary/aromatic N) is 1. The number of likely N-dealkylation sites (tertiary alicyclic amines) is 1. The molecule has 2 aliphatic rings. The first-order valence-corrected chi connectivity index (χ1v) is 8.70. The van der Waals surface area contributed by atoms with Gasteiger partial charge in [0.2, 0.25) is 0 Å². The van der Waals surface area contributed by atoms with Crippen LogP contribution in [0.3, 0.4) is 0 Å². The Morgan fingerprint density at radius 3 is 2.45 bits per heavy atom. The van der Waals surface area contributed by atoms with Gasteiger partial charge in [0.25, 0.3) is 0 Å². The standard InChI is InChI=1S/C17H34N2O/c1-13(2)17(20)9-15-8-16(18)12-19(11-15)10-14-6-4-3-5-7-14/h13-17,20H,3-12,18H2,1-2H3. The zero-order valence-corrected chi connectivity index (χ0v) is 13.4. The number of aliphatic hydroxyl groups is 1. The molecule has 3 nitrogen and oxygen atoms in total. The lowest BCUT2D eigenvalue weighted by molar-refractivity contribution is 0.0593. The molecule has 20 heavy (non-hydrogen) atoms. The molecular formula is C17H34N2O. The summed E-state index contributed by atoms with van der Waals surface area (Å²) in [5.41, 5.74) is 6.25. The van der Waals surface area contributed by atoms with Gasteiger partial charge in [0.15, 0.2) is 0 Å². The Hall–Kier alpha value is -0.120. The summed E-state index contributed by atoms with van der Waals surface area (Å²) in [5.74, 6) is 1.84. The molecule has 0 aromatic carbocycles. The number of aliphatic hydroxyl groups excluding tert-OH is 1. The first-order valence-electron chi connectivity index (χ1n) is 8.70. The van der Waals surface area contributed by atoms with Crippen molar-refractivity contribution in [3.8, 4) is 0 Å². The Morgan fingerprint density at radius 1 is 1.10 bits per heavy atom. The van der Waals surface area contributed by atoms with Crippen molar-refractivity contribution >= 4 is 0 Å². The van der Waals surface area contributed by atoms with Gasteiger partial charge in [0.05, 0.1) is 6.10 Å². The molecule has 1 heterocycles. The first-order chi connectivity index (χ1) is 9.54. The maximum absolute atomic E-state index is 10.1. The van der Waals surface area contributed by atoms with Gasteiger partial charge in [0.1, 0.15) is 0 Å². The van der Waals surface area contributed by atoms with Crippen molar-refractivity contribution in [2.75, 3.05) is 19.6 Å². The Labute approximate surface area is 124 Å². The van der Waals surface area contributed by atoms with Crippen LogP contribution < -0.4 is 5.73 Å². The Morgan fingerprint density at radius 2 is 1.80 bits per heavy atom. The van der Waals surface area contributed by atoms with Gasteiger partial charge in [-0.25, -0.2) is 0 Å². The van der Waals surface area contributed by atoms with Gasteiger partial charge in [-0.3, -0.25) is 0 Å². The van der Waals surface area contributed by atoms with E-state index in [0.29, 0.717) is 17.9 Å². The molecule has 3 N–H and O–H groups in total. The van der Waals surface area contributed by atoms with Gasteiger partial charge in [-0.2, -0.15) is 0 Å².